The summed E-state index contributed by atoms with van der Waals surface area (Å²) in [7, 11) is 0. The molecule has 69 heavy (non-hydrogen) atoms. The maximum atomic E-state index is 15.4. The van der Waals surface area contributed by atoms with Gasteiger partial charge in [0.2, 0.25) is 24.8 Å². The van der Waals surface area contributed by atoms with Gasteiger partial charge < -0.3 is 53.7 Å². The zero-order valence-corrected chi connectivity index (χ0v) is 41.3. The average molecular weight is 958 g/mol. The number of hydrogen-bond donors (Lipinski definition) is 3. The summed E-state index contributed by atoms with van der Waals surface area (Å²) < 4.78 is 38.2. The number of unbranched alkanes of at least 4 members (excludes halogenated alkanes) is 10. The minimum atomic E-state index is -1.45. The van der Waals surface area contributed by atoms with Crippen LogP contribution in [0.1, 0.15) is 159 Å². The number of nitrogens with zero attached hydrogens (tertiary/aromatic N) is 2. The number of fused-ring (bicyclic) bond motifs is 3. The summed E-state index contributed by atoms with van der Waals surface area (Å²) in [5.41, 5.74) is 3.38. The van der Waals surface area contributed by atoms with E-state index in [1.807, 2.05) is 42.2 Å². The van der Waals surface area contributed by atoms with Crippen LogP contribution in [0.2, 0.25) is 0 Å². The fourth-order valence-corrected chi connectivity index (χ4v) is 11.3. The molecule has 0 spiro atoms. The van der Waals surface area contributed by atoms with Crippen LogP contribution >= 0.6 is 0 Å². The predicted octanol–water partition coefficient (Wildman–Crippen LogP) is 10.6. The van der Waals surface area contributed by atoms with Crippen molar-refractivity contribution in [2.45, 2.75) is 173 Å². The van der Waals surface area contributed by atoms with Crippen LogP contribution in [0, 0.1) is 17.8 Å². The summed E-state index contributed by atoms with van der Waals surface area (Å²) in [5.74, 6) is 0.0201. The summed E-state index contributed by atoms with van der Waals surface area (Å²) in [4.78, 5) is 36.6. The van der Waals surface area contributed by atoms with Crippen molar-refractivity contribution in [1.29, 1.82) is 0 Å². The highest BCUT2D eigenvalue weighted by Crippen LogP contribution is 2.62. The van der Waals surface area contributed by atoms with Gasteiger partial charge in [-0.05, 0) is 105 Å². The summed E-state index contributed by atoms with van der Waals surface area (Å²) >= 11 is 0. The van der Waals surface area contributed by atoms with Crippen LogP contribution in [-0.4, -0.2) is 90.7 Å². The first-order valence-corrected chi connectivity index (χ1v) is 26.3. The molecule has 1 saturated heterocycles. The molecule has 380 valence electrons. The first-order valence-electron chi connectivity index (χ1n) is 26.3. The lowest BCUT2D eigenvalue weighted by Gasteiger charge is -2.60. The number of hydrogen-bond acceptors (Lipinski definition) is 12. The molecule has 2 fully saturated rings. The number of oxime groups is 1. The van der Waals surface area contributed by atoms with Gasteiger partial charge in [0.1, 0.15) is 17.5 Å². The topological polar surface area (TPSA) is 167 Å². The average Bonchev–Trinajstić information content (AvgIpc) is 3.84. The Hall–Kier alpha value is -4.63. The molecule has 2 aromatic rings. The molecule has 7 atom stereocenters. The highest BCUT2D eigenvalue weighted by atomic mass is 16.8. The number of rotatable bonds is 28. The molecule has 14 heteroatoms. The van der Waals surface area contributed by atoms with Crippen molar-refractivity contribution in [1.82, 2.24) is 10.2 Å². The van der Waals surface area contributed by atoms with E-state index in [0.29, 0.717) is 67.5 Å². The molecule has 14 nitrogen and oxygen atoms in total. The minimum Gasteiger partial charge on any atom is -0.459 e. The van der Waals surface area contributed by atoms with Crippen molar-refractivity contribution < 1.29 is 53.1 Å². The Morgan fingerprint density at radius 2 is 1.65 bits per heavy atom. The Labute approximate surface area is 410 Å². The number of nitrogens with one attached hydrogen (secondary N) is 1. The Morgan fingerprint density at radius 1 is 0.899 bits per heavy atom. The van der Waals surface area contributed by atoms with Crippen molar-refractivity contribution in [3.8, 4) is 23.0 Å². The van der Waals surface area contributed by atoms with Gasteiger partial charge in [0.05, 0.1) is 24.8 Å². The van der Waals surface area contributed by atoms with E-state index in [9.17, 15) is 15.0 Å². The number of aliphatic hydroxyl groups excluding tert-OH is 2. The summed E-state index contributed by atoms with van der Waals surface area (Å²) in [6, 6.07) is 10.7. The molecule has 2 aliphatic carbocycles. The first-order chi connectivity index (χ1) is 33.8. The van der Waals surface area contributed by atoms with Crippen molar-refractivity contribution in [2.24, 2.45) is 22.9 Å². The number of aliphatic hydroxyl groups is 2. The number of benzene rings is 2. The minimum absolute atomic E-state index is 0.000599. The number of allylic oxidation sites excluding steroid dienone is 1. The van der Waals surface area contributed by atoms with Crippen molar-refractivity contribution >= 4 is 17.7 Å². The fourth-order valence-electron chi connectivity index (χ4n) is 11.3. The standard InChI is InChI=1S/C55H79N3O11/c1-4-7-8-9-10-11-12-13-14-23-50(61)58(37-39-25-27-47-48(33-39)65-38-64-47)49-36-45(57-69-51-24-17-20-32-63-51)43-34-40(21-15-18-29-59)42(22-16-19-30-60)52-44-35-41(67-54(62)56-6-3)26-28-46(44)68-55(49,53(43)52)66-31-5-2/h5,25-28,33-35,40,42,49,51-53,59-60H,2,4,6-24,29-32,36-38H2,1,3H3,(H,56,62)/t40-,42+,49-,51?,52+,53+,55+/m0/s1. The smallest absolute Gasteiger partial charge is 0.412 e. The Balaban J connectivity index is 1.37. The maximum absolute atomic E-state index is 15.4. The Bertz CT molecular complexity index is 2040. The Kier molecular flexibility index (Phi) is 20.1. The number of ether oxygens (including phenoxy) is 6. The van der Waals surface area contributed by atoms with E-state index in [0.717, 1.165) is 80.9 Å². The lowest BCUT2D eigenvalue weighted by molar-refractivity contribution is -0.258. The Morgan fingerprint density at radius 3 is 2.39 bits per heavy atom. The second kappa shape index (κ2) is 26.5. The first kappa shape index (κ1) is 52.2. The van der Waals surface area contributed by atoms with Crippen LogP contribution < -0.4 is 24.3 Å². The second-order valence-corrected chi connectivity index (χ2v) is 19.4. The van der Waals surface area contributed by atoms with Gasteiger partial charge in [-0.25, -0.2) is 4.79 Å². The van der Waals surface area contributed by atoms with E-state index in [1.165, 1.54) is 32.1 Å². The highest BCUT2D eigenvalue weighted by molar-refractivity contribution is 6.03. The lowest BCUT2D eigenvalue weighted by Crippen LogP contribution is -2.70. The van der Waals surface area contributed by atoms with Gasteiger partial charge in [-0.1, -0.05) is 94.5 Å². The van der Waals surface area contributed by atoms with E-state index < -0.39 is 30.1 Å². The van der Waals surface area contributed by atoms with Gasteiger partial charge in [0.25, 0.3) is 0 Å². The molecule has 3 N–H and O–H groups in total. The number of carbonyl (C=O) groups excluding carboxylic acids is 2. The molecule has 1 unspecified atom stereocenters. The zero-order valence-electron chi connectivity index (χ0n) is 41.3. The molecule has 0 bridgehead atoms. The molecule has 7 rings (SSSR count). The molecular formula is C55H79N3O11. The van der Waals surface area contributed by atoms with E-state index in [2.05, 4.69) is 24.9 Å². The maximum Gasteiger partial charge on any atom is 0.412 e. The van der Waals surface area contributed by atoms with Crippen LogP contribution in [0.5, 0.6) is 23.0 Å². The van der Waals surface area contributed by atoms with Crippen molar-refractivity contribution in [2.75, 3.05) is 39.8 Å². The number of carbonyl (C=O) groups is 2. The highest BCUT2D eigenvalue weighted by Gasteiger charge is 2.65. The summed E-state index contributed by atoms with van der Waals surface area (Å²) in [6.07, 6.45) is 20.9. The van der Waals surface area contributed by atoms with Crippen LogP contribution in [0.4, 0.5) is 4.79 Å². The van der Waals surface area contributed by atoms with Crippen LogP contribution in [0.3, 0.4) is 0 Å². The summed E-state index contributed by atoms with van der Waals surface area (Å²) in [6.45, 7) is 9.86. The second-order valence-electron chi connectivity index (χ2n) is 19.4. The van der Waals surface area contributed by atoms with Gasteiger partial charge in [-0.15, -0.1) is 6.58 Å². The monoisotopic (exact) mass is 958 g/mol. The van der Waals surface area contributed by atoms with Gasteiger partial charge in [-0.3, -0.25) is 4.79 Å². The van der Waals surface area contributed by atoms with E-state index in [1.54, 1.807) is 12.1 Å². The molecule has 3 aliphatic heterocycles. The SMILES string of the molecule is C=CCO[C@@]12Oc3ccc(OC(=O)NCC)cc3[C@H]3[C@H](CCCCO)[C@@H](CCCCO)C=C(C(=NOC4CCCCO4)C[C@@H]1N(Cc1ccc4c(c1)OCO4)C(=O)CCCCCCCCCCC)[C@H]32. The van der Waals surface area contributed by atoms with Gasteiger partial charge in [0.15, 0.2) is 11.5 Å². The molecular weight excluding hydrogens is 879 g/mol. The van der Waals surface area contributed by atoms with E-state index >= 15 is 4.79 Å². The third-order valence-corrected chi connectivity index (χ3v) is 14.6. The molecule has 0 radical (unpaired) electrons. The zero-order chi connectivity index (χ0) is 48.4. The van der Waals surface area contributed by atoms with Crippen LogP contribution in [0.15, 0.2) is 65.9 Å². The molecule has 2 aromatic carbocycles. The predicted molar refractivity (Wildman–Crippen MR) is 264 cm³/mol. The summed E-state index contributed by atoms with van der Waals surface area (Å²) in [5, 5.41) is 27.8. The quantitative estimate of drug-likeness (QED) is 0.0422. The third-order valence-electron chi connectivity index (χ3n) is 14.6. The van der Waals surface area contributed by atoms with Crippen LogP contribution in [-0.2, 0) is 25.7 Å². The molecule has 5 aliphatic rings. The third kappa shape index (κ3) is 13.2. The molecule has 2 amide bonds. The molecule has 3 heterocycles. The van der Waals surface area contributed by atoms with Crippen molar-refractivity contribution in [3.63, 3.8) is 0 Å². The van der Waals surface area contributed by atoms with Crippen molar-refractivity contribution in [3.05, 3.63) is 71.8 Å². The lowest BCUT2D eigenvalue weighted by atomic mass is 9.55. The fraction of sp³-hybridized carbons (Fsp3) is 0.655. The van der Waals surface area contributed by atoms with Gasteiger partial charge in [0, 0.05) is 57.0 Å². The normalized spacial score (nSPS) is 24.9. The molecule has 0 aromatic heterocycles. The molecule has 1 saturated carbocycles. The number of amides is 2. The van der Waals surface area contributed by atoms with Gasteiger partial charge >= 0.3 is 6.09 Å². The van der Waals surface area contributed by atoms with E-state index in [4.69, 9.17) is 38.4 Å². The van der Waals surface area contributed by atoms with Crippen LogP contribution in [0.25, 0.3) is 0 Å². The van der Waals surface area contributed by atoms with E-state index in [-0.39, 0.29) is 63.2 Å². The largest absolute Gasteiger partial charge is 0.459 e. The van der Waals surface area contributed by atoms with Gasteiger partial charge in [-0.2, -0.15) is 0 Å².